The number of carbonyl (C=O) groups is 2. The third-order valence-corrected chi connectivity index (χ3v) is 7.82. The van der Waals surface area contributed by atoms with Crippen LogP contribution in [0.3, 0.4) is 0 Å². The molecule has 10 nitrogen and oxygen atoms in total. The quantitative estimate of drug-likeness (QED) is 0.0257. The van der Waals surface area contributed by atoms with Crippen LogP contribution in [0.2, 0.25) is 0 Å². The second kappa shape index (κ2) is 35.3. The predicted molar refractivity (Wildman–Crippen MR) is 207 cm³/mol. The lowest BCUT2D eigenvalue weighted by Crippen LogP contribution is -2.34. The van der Waals surface area contributed by atoms with Crippen molar-refractivity contribution in [2.45, 2.75) is 116 Å². The van der Waals surface area contributed by atoms with Gasteiger partial charge in [-0.2, -0.15) is 0 Å². The maximum absolute atomic E-state index is 12.5. The lowest BCUT2D eigenvalue weighted by atomic mass is 10.2. The third-order valence-electron chi connectivity index (χ3n) is 6.87. The molecule has 4 N–H and O–H groups in total. The van der Waals surface area contributed by atoms with Gasteiger partial charge in [0.1, 0.15) is 12.1 Å². The number of carbonyl (C=O) groups excluding carboxylic acids is 1. The maximum atomic E-state index is 12.5. The van der Waals surface area contributed by atoms with Gasteiger partial charge in [-0.1, -0.05) is 117 Å². The molecule has 11 heteroatoms. The first-order valence-electron chi connectivity index (χ1n) is 18.3. The summed E-state index contributed by atoms with van der Waals surface area (Å²) < 4.78 is 33.0. The molecule has 0 rings (SSSR count). The highest BCUT2D eigenvalue weighted by atomic mass is 31.2. The largest absolute Gasteiger partial charge is 0.480 e. The summed E-state index contributed by atoms with van der Waals surface area (Å²) in [5.74, 6) is -1.89. The van der Waals surface area contributed by atoms with Gasteiger partial charge in [-0.05, 0) is 77.0 Å². The Hall–Kier alpha value is -3.11. The van der Waals surface area contributed by atoms with Crippen LogP contribution >= 0.6 is 7.82 Å². The zero-order chi connectivity index (χ0) is 37.7. The maximum Gasteiger partial charge on any atom is 0.472 e. The Kier molecular flexibility index (Phi) is 33.1. The van der Waals surface area contributed by atoms with Gasteiger partial charge in [-0.3, -0.25) is 18.6 Å². The molecule has 0 radical (unpaired) electrons. The van der Waals surface area contributed by atoms with E-state index in [0.29, 0.717) is 13.0 Å². The molecule has 0 aliphatic rings. The number of hydrogen-bond donors (Lipinski definition) is 3. The Morgan fingerprint density at radius 3 is 1.57 bits per heavy atom. The number of rotatable bonds is 33. The molecule has 0 saturated carbocycles. The number of carboxylic acids is 1. The number of phosphoric ester groups is 1. The van der Waals surface area contributed by atoms with E-state index < -0.39 is 45.1 Å². The Bertz CT molecular complexity index is 1170. The molecule has 0 aliphatic carbocycles. The molecule has 3 atom stereocenters. The van der Waals surface area contributed by atoms with Crippen LogP contribution in [0.5, 0.6) is 0 Å². The highest BCUT2D eigenvalue weighted by Gasteiger charge is 2.27. The molecule has 0 aliphatic heterocycles. The van der Waals surface area contributed by atoms with Gasteiger partial charge in [-0.25, -0.2) is 4.57 Å². The number of ether oxygens (including phenoxy) is 2. The van der Waals surface area contributed by atoms with E-state index in [1.807, 2.05) is 12.2 Å². The molecule has 3 unspecified atom stereocenters. The minimum atomic E-state index is -4.64. The minimum absolute atomic E-state index is 0.0405. The second-order valence-corrected chi connectivity index (χ2v) is 13.0. The van der Waals surface area contributed by atoms with Crippen LogP contribution in [-0.2, 0) is 32.7 Å². The number of nitrogens with two attached hydrogens (primary N) is 1. The van der Waals surface area contributed by atoms with Gasteiger partial charge in [0.05, 0.1) is 19.8 Å². The number of esters is 1. The van der Waals surface area contributed by atoms with E-state index in [-0.39, 0.29) is 13.0 Å². The van der Waals surface area contributed by atoms with Gasteiger partial charge in [-0.15, -0.1) is 0 Å². The van der Waals surface area contributed by atoms with Crippen molar-refractivity contribution in [2.75, 3.05) is 26.4 Å². The van der Waals surface area contributed by atoms with E-state index in [0.717, 1.165) is 77.0 Å². The first kappa shape index (κ1) is 47.9. The SMILES string of the molecule is CC/C=C\C/C=C\C/C=C\C/C=C\CCCCCOCC(COP(=O)(O)OCC(N)C(=O)O)OC(=O)CC/C=C\C/C=C\C/C=C\C/C=C\CC. The molecular formula is C40H64NO9P. The molecular weight excluding hydrogens is 669 g/mol. The standard InChI is InChI=1S/C40H64NO9P/c1-3-5-7-9-11-13-15-17-18-19-21-23-25-27-29-31-33-47-34-37(35-48-51(45,46)49-36-38(41)40(43)44)50-39(42)32-30-28-26-24-22-20-16-14-12-10-8-6-4-2/h5-8,11-14,17-18,20-23,26,28,37-38H,3-4,9-10,15-16,19,24-25,27,29-36,41H2,1-2H3,(H,43,44)(H,45,46)/b7-5-,8-6-,13-11-,14-12-,18-17-,22-20-,23-21-,28-26-. The first-order chi connectivity index (χ1) is 24.7. The number of carboxylic acid groups (broad SMARTS) is 1. The fraction of sp³-hybridized carbons (Fsp3) is 0.550. The molecule has 0 aromatic carbocycles. The molecule has 0 amide bonds. The number of hydrogen-bond acceptors (Lipinski definition) is 8. The second-order valence-electron chi connectivity index (χ2n) is 11.6. The van der Waals surface area contributed by atoms with Crippen molar-refractivity contribution in [1.82, 2.24) is 0 Å². The van der Waals surface area contributed by atoms with Crippen molar-refractivity contribution in [3.8, 4) is 0 Å². The van der Waals surface area contributed by atoms with Crippen LogP contribution in [0, 0.1) is 0 Å². The molecule has 0 heterocycles. The summed E-state index contributed by atoms with van der Waals surface area (Å²) in [5, 5.41) is 8.86. The van der Waals surface area contributed by atoms with Gasteiger partial charge in [0, 0.05) is 13.0 Å². The summed E-state index contributed by atoms with van der Waals surface area (Å²) in [6.45, 7) is 3.43. The first-order valence-corrected chi connectivity index (χ1v) is 19.8. The van der Waals surface area contributed by atoms with Gasteiger partial charge in [0.15, 0.2) is 0 Å². The highest BCUT2D eigenvalue weighted by molar-refractivity contribution is 7.47. The van der Waals surface area contributed by atoms with E-state index in [1.54, 1.807) is 0 Å². The Morgan fingerprint density at radius 1 is 0.627 bits per heavy atom. The molecule has 288 valence electrons. The van der Waals surface area contributed by atoms with Gasteiger partial charge in [0.25, 0.3) is 0 Å². The van der Waals surface area contributed by atoms with E-state index in [1.165, 1.54) is 0 Å². The monoisotopic (exact) mass is 733 g/mol. The van der Waals surface area contributed by atoms with Crippen LogP contribution < -0.4 is 5.73 Å². The van der Waals surface area contributed by atoms with E-state index in [9.17, 15) is 19.0 Å². The van der Waals surface area contributed by atoms with Crippen LogP contribution in [0.4, 0.5) is 0 Å². The zero-order valence-corrected chi connectivity index (χ0v) is 31.8. The van der Waals surface area contributed by atoms with Gasteiger partial charge < -0.3 is 25.2 Å². The highest BCUT2D eigenvalue weighted by Crippen LogP contribution is 2.43. The summed E-state index contributed by atoms with van der Waals surface area (Å²) >= 11 is 0. The molecule has 0 aromatic heterocycles. The van der Waals surface area contributed by atoms with Crippen LogP contribution in [-0.4, -0.2) is 60.5 Å². The van der Waals surface area contributed by atoms with Crippen molar-refractivity contribution in [1.29, 1.82) is 0 Å². The average Bonchev–Trinajstić information content (AvgIpc) is 3.10. The smallest absolute Gasteiger partial charge is 0.472 e. The summed E-state index contributed by atoms with van der Waals surface area (Å²) in [6.07, 6.45) is 44.9. The number of unbranched alkanes of at least 4 members (excludes halogenated alkanes) is 3. The lowest BCUT2D eigenvalue weighted by Gasteiger charge is -2.20. The third kappa shape index (κ3) is 35.1. The van der Waals surface area contributed by atoms with Crippen molar-refractivity contribution in [3.05, 3.63) is 97.2 Å². The molecule has 51 heavy (non-hydrogen) atoms. The molecule has 0 aromatic rings. The summed E-state index contributed by atoms with van der Waals surface area (Å²) in [4.78, 5) is 33.3. The predicted octanol–water partition coefficient (Wildman–Crippen LogP) is 9.41. The molecule has 0 saturated heterocycles. The topological polar surface area (TPSA) is 155 Å². The Balaban J connectivity index is 4.52. The van der Waals surface area contributed by atoms with Gasteiger partial charge in [0.2, 0.25) is 0 Å². The van der Waals surface area contributed by atoms with Gasteiger partial charge >= 0.3 is 19.8 Å². The van der Waals surface area contributed by atoms with Crippen LogP contribution in [0.1, 0.15) is 104 Å². The number of phosphoric acid groups is 1. The van der Waals surface area contributed by atoms with Crippen molar-refractivity contribution < 1.29 is 42.7 Å². The average molecular weight is 734 g/mol. The van der Waals surface area contributed by atoms with E-state index in [2.05, 4.69) is 103 Å². The lowest BCUT2D eigenvalue weighted by molar-refractivity contribution is -0.154. The fourth-order valence-corrected chi connectivity index (χ4v) is 4.85. The normalized spacial score (nSPS) is 15.2. The van der Waals surface area contributed by atoms with Crippen LogP contribution in [0.15, 0.2) is 97.2 Å². The zero-order valence-electron chi connectivity index (χ0n) is 30.9. The molecule has 0 spiro atoms. The fourth-order valence-electron chi connectivity index (χ4n) is 4.08. The van der Waals surface area contributed by atoms with E-state index >= 15 is 0 Å². The summed E-state index contributed by atoms with van der Waals surface area (Å²) in [7, 11) is -4.64. The van der Waals surface area contributed by atoms with Crippen molar-refractivity contribution in [3.63, 3.8) is 0 Å². The molecule has 0 bridgehead atoms. The summed E-state index contributed by atoms with van der Waals surface area (Å²) in [6, 6.07) is -1.49. The minimum Gasteiger partial charge on any atom is -0.480 e. The number of allylic oxidation sites excluding steroid dienone is 16. The molecule has 0 fully saturated rings. The Labute approximate surface area is 307 Å². The van der Waals surface area contributed by atoms with Crippen molar-refractivity contribution in [2.24, 2.45) is 5.73 Å². The van der Waals surface area contributed by atoms with E-state index in [4.69, 9.17) is 24.8 Å². The Morgan fingerprint density at radius 2 is 1.08 bits per heavy atom. The van der Waals surface area contributed by atoms with Crippen molar-refractivity contribution >= 4 is 19.8 Å². The van der Waals surface area contributed by atoms with Crippen LogP contribution in [0.25, 0.3) is 0 Å². The number of aliphatic carboxylic acids is 1. The summed E-state index contributed by atoms with van der Waals surface area (Å²) in [5.41, 5.74) is 5.32.